The lowest BCUT2D eigenvalue weighted by Gasteiger charge is -2.10. The van der Waals surface area contributed by atoms with E-state index in [1.807, 2.05) is 18.2 Å². The molecule has 3 aromatic rings. The van der Waals surface area contributed by atoms with Crippen LogP contribution in [0.5, 0.6) is 5.88 Å². The first kappa shape index (κ1) is 17.2. The topological polar surface area (TPSA) is 87.5 Å². The van der Waals surface area contributed by atoms with Gasteiger partial charge in [-0.05, 0) is 48.5 Å². The SMILES string of the molecule is O=c1[nH]c(=O)n(-c2ccc(F)cc2)c(O)c1/C=C1\C=Nc2ccc(Br)cc21. The lowest BCUT2D eigenvalue weighted by Crippen LogP contribution is -2.30. The lowest BCUT2D eigenvalue weighted by molar-refractivity contribution is 0.429. The van der Waals surface area contributed by atoms with E-state index in [1.165, 1.54) is 18.2 Å². The molecule has 2 aromatic carbocycles. The van der Waals surface area contributed by atoms with Crippen LogP contribution in [0.25, 0.3) is 17.3 Å². The highest BCUT2D eigenvalue weighted by Gasteiger charge is 2.18. The molecule has 0 aliphatic carbocycles. The fourth-order valence-electron chi connectivity index (χ4n) is 2.83. The smallest absolute Gasteiger partial charge is 0.335 e. The highest BCUT2D eigenvalue weighted by atomic mass is 79.9. The van der Waals surface area contributed by atoms with Crippen LogP contribution in [-0.4, -0.2) is 20.9 Å². The highest BCUT2D eigenvalue weighted by molar-refractivity contribution is 9.10. The average molecular weight is 428 g/mol. The zero-order chi connectivity index (χ0) is 19.1. The summed E-state index contributed by atoms with van der Waals surface area (Å²) in [6, 6.07) is 10.5. The summed E-state index contributed by atoms with van der Waals surface area (Å²) in [5.74, 6) is -1.03. The van der Waals surface area contributed by atoms with E-state index >= 15 is 0 Å². The third-order valence-electron chi connectivity index (χ3n) is 4.12. The van der Waals surface area contributed by atoms with Crippen LogP contribution in [0.15, 0.2) is 61.5 Å². The van der Waals surface area contributed by atoms with Gasteiger partial charge in [-0.15, -0.1) is 0 Å². The van der Waals surface area contributed by atoms with E-state index in [2.05, 4.69) is 25.9 Å². The molecule has 1 aromatic heterocycles. The molecule has 4 rings (SSSR count). The van der Waals surface area contributed by atoms with Crippen LogP contribution in [0.2, 0.25) is 0 Å². The average Bonchev–Trinajstić information content (AvgIpc) is 3.02. The molecule has 0 saturated heterocycles. The fourth-order valence-corrected chi connectivity index (χ4v) is 3.19. The molecule has 0 bridgehead atoms. The monoisotopic (exact) mass is 427 g/mol. The van der Waals surface area contributed by atoms with Gasteiger partial charge in [-0.25, -0.2) is 13.8 Å². The summed E-state index contributed by atoms with van der Waals surface area (Å²) in [6.07, 6.45) is 3.03. The Hall–Kier alpha value is -3.26. The number of allylic oxidation sites excluding steroid dienone is 1. The molecule has 134 valence electrons. The summed E-state index contributed by atoms with van der Waals surface area (Å²) in [6.45, 7) is 0. The van der Waals surface area contributed by atoms with E-state index < -0.39 is 22.9 Å². The summed E-state index contributed by atoms with van der Waals surface area (Å²) in [5.41, 5.74) is 0.673. The first-order valence-corrected chi connectivity index (χ1v) is 8.63. The Morgan fingerprint density at radius 1 is 1.15 bits per heavy atom. The van der Waals surface area contributed by atoms with Crippen molar-refractivity contribution in [2.45, 2.75) is 0 Å². The zero-order valence-electron chi connectivity index (χ0n) is 13.6. The minimum Gasteiger partial charge on any atom is -0.494 e. The van der Waals surface area contributed by atoms with E-state index in [1.54, 1.807) is 6.21 Å². The number of aliphatic imine (C=N–C) groups is 1. The van der Waals surface area contributed by atoms with Gasteiger partial charge in [-0.1, -0.05) is 15.9 Å². The molecule has 0 radical (unpaired) electrons. The minimum atomic E-state index is -0.825. The van der Waals surface area contributed by atoms with E-state index in [4.69, 9.17) is 0 Å². The van der Waals surface area contributed by atoms with Crippen LogP contribution < -0.4 is 11.2 Å². The van der Waals surface area contributed by atoms with Crippen LogP contribution in [0.4, 0.5) is 10.1 Å². The Kier molecular flexibility index (Phi) is 4.12. The number of hydrogen-bond donors (Lipinski definition) is 2. The number of rotatable bonds is 2. The molecule has 2 N–H and O–H groups in total. The predicted molar refractivity (Wildman–Crippen MR) is 104 cm³/mol. The number of nitrogens with zero attached hydrogens (tertiary/aromatic N) is 2. The Bertz CT molecular complexity index is 1240. The number of aromatic hydroxyl groups is 1. The van der Waals surface area contributed by atoms with Crippen LogP contribution in [0.3, 0.4) is 0 Å². The standard InChI is InChI=1S/C19H11BrFN3O3/c20-11-1-6-16-14(8-11)10(9-22-16)7-15-17(25)23-19(27)24(18(15)26)13-4-2-12(21)3-5-13/h1-9,26H,(H,23,25,27)/b10-7+. The van der Waals surface area contributed by atoms with Crippen LogP contribution in [0.1, 0.15) is 11.1 Å². The normalized spacial score (nSPS) is 13.9. The van der Waals surface area contributed by atoms with Crippen molar-refractivity contribution in [2.75, 3.05) is 0 Å². The first-order chi connectivity index (χ1) is 12.9. The summed E-state index contributed by atoms with van der Waals surface area (Å²) < 4.78 is 14.9. The van der Waals surface area contributed by atoms with Crippen molar-refractivity contribution in [3.8, 4) is 11.6 Å². The number of aromatic amines is 1. The maximum Gasteiger partial charge on any atom is 0.335 e. The molecule has 0 fully saturated rings. The fraction of sp³-hybridized carbons (Fsp3) is 0. The van der Waals surface area contributed by atoms with Gasteiger partial charge in [-0.3, -0.25) is 14.8 Å². The second kappa shape index (κ2) is 6.48. The van der Waals surface area contributed by atoms with Gasteiger partial charge >= 0.3 is 5.69 Å². The Labute approximate surface area is 160 Å². The van der Waals surface area contributed by atoms with Crippen LogP contribution in [-0.2, 0) is 0 Å². The molecule has 0 spiro atoms. The van der Waals surface area contributed by atoms with Gasteiger partial charge in [0.05, 0.1) is 11.4 Å². The molecule has 1 aliphatic heterocycles. The molecule has 1 aliphatic rings. The van der Waals surface area contributed by atoms with Crippen molar-refractivity contribution in [1.82, 2.24) is 9.55 Å². The van der Waals surface area contributed by atoms with E-state index in [0.717, 1.165) is 32.4 Å². The molecule has 6 nitrogen and oxygen atoms in total. The van der Waals surface area contributed by atoms with Gasteiger partial charge in [0.1, 0.15) is 11.4 Å². The molecule has 0 unspecified atom stereocenters. The summed E-state index contributed by atoms with van der Waals surface area (Å²) in [4.78, 5) is 30.9. The maximum absolute atomic E-state index is 13.2. The molecule has 8 heteroatoms. The second-order valence-electron chi connectivity index (χ2n) is 5.83. The maximum atomic E-state index is 13.2. The first-order valence-electron chi connectivity index (χ1n) is 7.84. The Balaban J connectivity index is 1.91. The van der Waals surface area contributed by atoms with Gasteiger partial charge < -0.3 is 5.11 Å². The van der Waals surface area contributed by atoms with Crippen LogP contribution in [0, 0.1) is 5.82 Å². The van der Waals surface area contributed by atoms with Crippen molar-refractivity contribution < 1.29 is 9.50 Å². The third-order valence-corrected chi connectivity index (χ3v) is 4.61. The molecule has 0 saturated carbocycles. The molecular formula is C19H11BrFN3O3. The zero-order valence-corrected chi connectivity index (χ0v) is 15.2. The number of benzene rings is 2. The number of nitrogens with one attached hydrogen (secondary N) is 1. The van der Waals surface area contributed by atoms with E-state index in [0.29, 0.717) is 5.57 Å². The third kappa shape index (κ3) is 3.04. The molecule has 2 heterocycles. The molecule has 0 amide bonds. The van der Waals surface area contributed by atoms with Crippen molar-refractivity contribution >= 4 is 39.5 Å². The molecule has 27 heavy (non-hydrogen) atoms. The molecule has 0 atom stereocenters. The van der Waals surface area contributed by atoms with Crippen molar-refractivity contribution in [1.29, 1.82) is 0 Å². The van der Waals surface area contributed by atoms with Crippen molar-refractivity contribution in [3.63, 3.8) is 0 Å². The number of halogens is 2. The largest absolute Gasteiger partial charge is 0.494 e. The van der Waals surface area contributed by atoms with Gasteiger partial charge in [0.2, 0.25) is 5.88 Å². The summed E-state index contributed by atoms with van der Waals surface area (Å²) in [7, 11) is 0. The van der Waals surface area contributed by atoms with Gasteiger partial charge in [0.15, 0.2) is 0 Å². The summed E-state index contributed by atoms with van der Waals surface area (Å²) >= 11 is 3.39. The van der Waals surface area contributed by atoms with E-state index in [9.17, 15) is 19.1 Å². The number of fused-ring (bicyclic) bond motifs is 1. The number of H-pyrrole nitrogens is 1. The van der Waals surface area contributed by atoms with Gasteiger partial charge in [0, 0.05) is 21.8 Å². The Morgan fingerprint density at radius 3 is 2.63 bits per heavy atom. The van der Waals surface area contributed by atoms with Gasteiger partial charge in [0.25, 0.3) is 5.56 Å². The summed E-state index contributed by atoms with van der Waals surface area (Å²) in [5, 5.41) is 10.6. The lowest BCUT2D eigenvalue weighted by atomic mass is 10.1. The quantitative estimate of drug-likeness (QED) is 0.656. The second-order valence-corrected chi connectivity index (χ2v) is 6.74. The van der Waals surface area contributed by atoms with Crippen molar-refractivity contribution in [2.24, 2.45) is 4.99 Å². The van der Waals surface area contributed by atoms with Crippen molar-refractivity contribution in [3.05, 3.63) is 84.7 Å². The predicted octanol–water partition coefficient (Wildman–Crippen LogP) is 3.39. The van der Waals surface area contributed by atoms with Gasteiger partial charge in [-0.2, -0.15) is 0 Å². The van der Waals surface area contributed by atoms with E-state index in [-0.39, 0.29) is 11.3 Å². The minimum absolute atomic E-state index is 0.104. The Morgan fingerprint density at radius 2 is 1.89 bits per heavy atom. The highest BCUT2D eigenvalue weighted by Crippen LogP contribution is 2.35. The molecular weight excluding hydrogens is 417 g/mol. The number of hydrogen-bond acceptors (Lipinski definition) is 4. The van der Waals surface area contributed by atoms with Crippen LogP contribution >= 0.6 is 15.9 Å². The number of aromatic nitrogens is 2.